The number of furan rings is 1. The van der Waals surface area contributed by atoms with Gasteiger partial charge >= 0.3 is 0 Å². The molecular formula is C27H28ClN3O5S. The smallest absolute Gasteiger partial charge is 0.283 e. The largest absolute Gasteiger partial charge is 0.495 e. The van der Waals surface area contributed by atoms with E-state index in [1.807, 2.05) is 19.9 Å². The Bertz CT molecular complexity index is 1380. The van der Waals surface area contributed by atoms with Gasteiger partial charge in [-0.15, -0.1) is 0 Å². The third-order valence-electron chi connectivity index (χ3n) is 6.01. The molecular weight excluding hydrogens is 514 g/mol. The number of amides is 1. The third-order valence-corrected chi connectivity index (χ3v) is 7.25. The number of ketones is 1. The molecule has 2 aromatic heterocycles. The summed E-state index contributed by atoms with van der Waals surface area (Å²) in [5.41, 5.74) is 3.23. The predicted octanol–water partition coefficient (Wildman–Crippen LogP) is 5.93. The number of rotatable bonds is 9. The summed E-state index contributed by atoms with van der Waals surface area (Å²) in [6, 6.07) is 10.5. The number of nitrogens with zero attached hydrogens (tertiary/aromatic N) is 3. The number of aliphatic imine (C=N–C) groups is 1. The number of anilines is 1. The Morgan fingerprint density at radius 2 is 2.03 bits per heavy atom. The quantitative estimate of drug-likeness (QED) is 0.246. The zero-order chi connectivity index (χ0) is 26.7. The molecule has 3 heterocycles. The van der Waals surface area contributed by atoms with Crippen molar-refractivity contribution in [2.45, 2.75) is 26.8 Å². The number of halogens is 1. The fourth-order valence-electron chi connectivity index (χ4n) is 4.38. The fraction of sp³-hybridized carbons (Fsp3) is 0.296. The van der Waals surface area contributed by atoms with Crippen LogP contribution in [0.25, 0.3) is 6.08 Å². The van der Waals surface area contributed by atoms with Gasteiger partial charge in [-0.05, 0) is 57.2 Å². The number of ether oxygens (including phenoxy) is 2. The first-order chi connectivity index (χ1) is 17.7. The van der Waals surface area contributed by atoms with Gasteiger partial charge in [-0.3, -0.25) is 14.5 Å². The van der Waals surface area contributed by atoms with Crippen molar-refractivity contribution in [1.29, 1.82) is 0 Å². The predicted molar refractivity (Wildman–Crippen MR) is 147 cm³/mol. The van der Waals surface area contributed by atoms with Gasteiger partial charge in [0.05, 0.1) is 42.5 Å². The molecule has 1 aliphatic heterocycles. The molecule has 0 fully saturated rings. The number of carbonyl (C=O) groups excluding carboxylic acids is 2. The lowest BCUT2D eigenvalue weighted by Gasteiger charge is -2.19. The molecule has 0 saturated carbocycles. The average Bonchev–Trinajstić information content (AvgIpc) is 3.56. The Hall–Kier alpha value is -3.27. The van der Waals surface area contributed by atoms with Crippen molar-refractivity contribution in [1.82, 2.24) is 4.57 Å². The maximum atomic E-state index is 13.4. The van der Waals surface area contributed by atoms with Crippen molar-refractivity contribution in [2.24, 2.45) is 4.99 Å². The molecule has 1 atom stereocenters. The summed E-state index contributed by atoms with van der Waals surface area (Å²) in [5, 5.41) is 0.730. The summed E-state index contributed by atoms with van der Waals surface area (Å²) in [6.45, 7) is 6.51. The van der Waals surface area contributed by atoms with Crippen LogP contribution >= 0.6 is 23.4 Å². The topological polar surface area (TPSA) is 86.3 Å². The lowest BCUT2D eigenvalue weighted by atomic mass is 10.2. The second-order valence-corrected chi connectivity index (χ2v) is 9.92. The molecule has 0 unspecified atom stereocenters. The number of hydrogen-bond donors (Lipinski definition) is 0. The number of benzene rings is 1. The minimum absolute atomic E-state index is 0.0553. The molecule has 0 bridgehead atoms. The van der Waals surface area contributed by atoms with Gasteiger partial charge in [0.15, 0.2) is 11.0 Å². The number of amidine groups is 1. The van der Waals surface area contributed by atoms with Crippen LogP contribution in [0.2, 0.25) is 5.02 Å². The van der Waals surface area contributed by atoms with E-state index in [4.69, 9.17) is 25.5 Å². The van der Waals surface area contributed by atoms with Crippen molar-refractivity contribution in [2.75, 3.05) is 31.5 Å². The van der Waals surface area contributed by atoms with Crippen LogP contribution in [0.3, 0.4) is 0 Å². The van der Waals surface area contributed by atoms with Crippen LogP contribution in [0, 0.1) is 13.8 Å². The van der Waals surface area contributed by atoms with Crippen LogP contribution < -0.4 is 9.64 Å². The number of carbonyl (C=O) groups is 2. The summed E-state index contributed by atoms with van der Waals surface area (Å²) >= 11 is 7.53. The van der Waals surface area contributed by atoms with Gasteiger partial charge < -0.3 is 18.5 Å². The molecule has 0 radical (unpaired) electrons. The van der Waals surface area contributed by atoms with E-state index in [9.17, 15) is 9.59 Å². The highest BCUT2D eigenvalue weighted by Crippen LogP contribution is 2.35. The summed E-state index contributed by atoms with van der Waals surface area (Å²) in [7, 11) is 3.18. The first kappa shape index (κ1) is 26.8. The van der Waals surface area contributed by atoms with Crippen molar-refractivity contribution in [3.05, 3.63) is 76.1 Å². The third kappa shape index (κ3) is 5.53. The zero-order valence-electron chi connectivity index (χ0n) is 21.3. The minimum Gasteiger partial charge on any atom is -0.495 e. The van der Waals surface area contributed by atoms with Crippen molar-refractivity contribution in [3.8, 4) is 5.75 Å². The van der Waals surface area contributed by atoms with E-state index >= 15 is 0 Å². The summed E-state index contributed by atoms with van der Waals surface area (Å²) < 4.78 is 18.0. The van der Waals surface area contributed by atoms with Gasteiger partial charge in [-0.25, -0.2) is 4.99 Å². The zero-order valence-corrected chi connectivity index (χ0v) is 22.9. The molecule has 0 aliphatic carbocycles. The molecule has 1 aromatic carbocycles. The highest BCUT2D eigenvalue weighted by atomic mass is 35.5. The Morgan fingerprint density at radius 1 is 1.24 bits per heavy atom. The molecule has 4 rings (SSSR count). The summed E-state index contributed by atoms with van der Waals surface area (Å²) in [6.07, 6.45) is 3.09. The Balaban J connectivity index is 1.62. The lowest BCUT2D eigenvalue weighted by Crippen LogP contribution is -2.30. The molecule has 0 spiro atoms. The van der Waals surface area contributed by atoms with E-state index in [2.05, 4.69) is 16.5 Å². The summed E-state index contributed by atoms with van der Waals surface area (Å²) in [4.78, 5) is 32.6. The molecule has 8 nitrogen and oxygen atoms in total. The van der Waals surface area contributed by atoms with Gasteiger partial charge in [-0.2, -0.15) is 0 Å². The molecule has 1 aliphatic rings. The van der Waals surface area contributed by atoms with Crippen molar-refractivity contribution in [3.63, 3.8) is 0 Å². The normalized spacial score (nSPS) is 15.4. The number of hydrogen-bond acceptors (Lipinski definition) is 7. The van der Waals surface area contributed by atoms with Gasteiger partial charge in [0.25, 0.3) is 5.91 Å². The number of methoxy groups -OCH3 is 2. The minimum atomic E-state index is -0.348. The van der Waals surface area contributed by atoms with Crippen LogP contribution in [-0.2, 0) is 9.53 Å². The van der Waals surface area contributed by atoms with Crippen LogP contribution in [0.1, 0.15) is 40.5 Å². The molecule has 0 N–H and O–H groups in total. The lowest BCUT2D eigenvalue weighted by molar-refractivity contribution is -0.113. The number of aryl methyl sites for hydroxylation is 1. The van der Waals surface area contributed by atoms with Crippen LogP contribution in [0.15, 0.2) is 57.8 Å². The van der Waals surface area contributed by atoms with Gasteiger partial charge in [0, 0.05) is 30.1 Å². The Morgan fingerprint density at radius 3 is 2.68 bits per heavy atom. The SMILES string of the molecule is COC[C@@H](C)n1c(C)cc(C(=O)CSC2=N/C(=C\c3ccco3)C(=O)N2c2ccc(OC)c(Cl)c2)c1C. The molecule has 3 aromatic rings. The Kier molecular flexibility index (Phi) is 8.26. The molecule has 10 heteroatoms. The van der Waals surface area contributed by atoms with Gasteiger partial charge in [0.2, 0.25) is 0 Å². The van der Waals surface area contributed by atoms with Crippen LogP contribution in [-0.4, -0.2) is 48.0 Å². The van der Waals surface area contributed by atoms with Crippen LogP contribution in [0.4, 0.5) is 5.69 Å². The number of thioether (sulfide) groups is 1. The van der Waals surface area contributed by atoms with E-state index in [1.165, 1.54) is 30.0 Å². The fourth-order valence-corrected chi connectivity index (χ4v) is 5.53. The second kappa shape index (κ2) is 11.4. The summed E-state index contributed by atoms with van der Waals surface area (Å²) in [5.74, 6) is 0.686. The van der Waals surface area contributed by atoms with E-state index < -0.39 is 0 Å². The highest BCUT2D eigenvalue weighted by molar-refractivity contribution is 8.14. The van der Waals surface area contributed by atoms with E-state index in [1.54, 1.807) is 43.5 Å². The molecule has 37 heavy (non-hydrogen) atoms. The van der Waals surface area contributed by atoms with Crippen molar-refractivity contribution < 1.29 is 23.5 Å². The second-order valence-electron chi connectivity index (χ2n) is 8.57. The van der Waals surface area contributed by atoms with Gasteiger partial charge in [0.1, 0.15) is 17.2 Å². The van der Waals surface area contributed by atoms with E-state index in [0.717, 1.165) is 11.4 Å². The van der Waals surface area contributed by atoms with Gasteiger partial charge in [-0.1, -0.05) is 23.4 Å². The number of aromatic nitrogens is 1. The first-order valence-corrected chi connectivity index (χ1v) is 13.0. The van der Waals surface area contributed by atoms with Crippen molar-refractivity contribution >= 4 is 52.0 Å². The number of Topliss-reactive ketones (excluding diaryl/α,β-unsaturated/α-hetero) is 1. The monoisotopic (exact) mass is 541 g/mol. The molecule has 194 valence electrons. The van der Waals surface area contributed by atoms with E-state index in [0.29, 0.717) is 39.6 Å². The standard InChI is InChI=1S/C27H28ClN3O5S/c1-16-11-21(18(3)30(16)17(2)14-34-4)24(32)15-37-27-29-23(13-20-7-6-10-36-20)26(33)31(27)19-8-9-25(35-5)22(28)12-19/h6-13,17H,14-15H2,1-5H3/b23-13-/t17-/m1/s1. The Labute approximate surface area is 224 Å². The van der Waals surface area contributed by atoms with E-state index in [-0.39, 0.29) is 29.2 Å². The molecule has 1 amide bonds. The maximum Gasteiger partial charge on any atom is 0.283 e. The highest BCUT2D eigenvalue weighted by Gasteiger charge is 2.33. The average molecular weight is 542 g/mol. The molecule has 0 saturated heterocycles. The first-order valence-electron chi connectivity index (χ1n) is 11.6. The maximum absolute atomic E-state index is 13.4. The van der Waals surface area contributed by atoms with Crippen LogP contribution in [0.5, 0.6) is 5.75 Å².